The Balaban J connectivity index is 1.87. The fraction of sp³-hybridized carbons (Fsp3) is 0.176. The third kappa shape index (κ3) is 5.22. The third-order valence-corrected chi connectivity index (χ3v) is 4.24. The van der Waals surface area contributed by atoms with Gasteiger partial charge in [0.1, 0.15) is 0 Å². The smallest absolute Gasteiger partial charge is 0.311 e. The van der Waals surface area contributed by atoms with Crippen LogP contribution in [-0.4, -0.2) is 23.7 Å². The summed E-state index contributed by atoms with van der Waals surface area (Å²) >= 11 is 1.35. The summed E-state index contributed by atoms with van der Waals surface area (Å²) in [5, 5.41) is 22.5. The molecular formula is C17H15N3O4S. The standard InChI is InChI=1S/C17H15N3O4S/c1-24-16-7-4-13(8-15(16)20(22)23)10-25-11-17(21)19-14-5-2-12(9-18)3-6-14/h2-8H,10-11H2,1H3,(H,19,21). The highest BCUT2D eigenvalue weighted by molar-refractivity contribution is 7.99. The number of methoxy groups -OCH3 is 1. The number of benzene rings is 2. The molecule has 0 saturated carbocycles. The Kier molecular flexibility index (Phi) is 6.37. The molecule has 0 aliphatic rings. The van der Waals surface area contributed by atoms with Crippen LogP contribution in [0.2, 0.25) is 0 Å². The number of nitriles is 1. The Hall–Kier alpha value is -3.05. The zero-order valence-electron chi connectivity index (χ0n) is 13.4. The molecule has 0 aliphatic carbocycles. The molecule has 0 bridgehead atoms. The average Bonchev–Trinajstić information content (AvgIpc) is 2.62. The topological polar surface area (TPSA) is 105 Å². The number of rotatable bonds is 7. The molecule has 0 saturated heterocycles. The van der Waals surface area contributed by atoms with Gasteiger partial charge < -0.3 is 10.1 Å². The number of thioether (sulfide) groups is 1. The maximum atomic E-state index is 11.9. The van der Waals surface area contributed by atoms with Gasteiger partial charge in [0, 0.05) is 17.5 Å². The van der Waals surface area contributed by atoms with Gasteiger partial charge in [-0.25, -0.2) is 0 Å². The molecule has 0 unspecified atom stereocenters. The van der Waals surface area contributed by atoms with E-state index in [1.54, 1.807) is 36.4 Å². The van der Waals surface area contributed by atoms with Crippen LogP contribution >= 0.6 is 11.8 Å². The minimum Gasteiger partial charge on any atom is -0.490 e. The number of amides is 1. The number of hydrogen-bond acceptors (Lipinski definition) is 6. The highest BCUT2D eigenvalue weighted by Crippen LogP contribution is 2.29. The first kappa shape index (κ1) is 18.3. The lowest BCUT2D eigenvalue weighted by molar-refractivity contribution is -0.385. The predicted molar refractivity (Wildman–Crippen MR) is 95.6 cm³/mol. The van der Waals surface area contributed by atoms with E-state index in [2.05, 4.69) is 5.32 Å². The Labute approximate surface area is 148 Å². The van der Waals surface area contributed by atoms with Crippen LogP contribution in [0.25, 0.3) is 0 Å². The molecule has 1 N–H and O–H groups in total. The molecule has 0 aromatic heterocycles. The molecule has 8 heteroatoms. The number of ether oxygens (including phenoxy) is 1. The number of carbonyl (C=O) groups is 1. The summed E-state index contributed by atoms with van der Waals surface area (Å²) in [6.45, 7) is 0. The van der Waals surface area contributed by atoms with Crippen molar-refractivity contribution < 1.29 is 14.5 Å². The number of nitro groups is 1. The second-order valence-corrected chi connectivity index (χ2v) is 5.98. The summed E-state index contributed by atoms with van der Waals surface area (Å²) in [6.07, 6.45) is 0. The van der Waals surface area contributed by atoms with Crippen LogP contribution in [-0.2, 0) is 10.5 Å². The van der Waals surface area contributed by atoms with Crippen molar-refractivity contribution in [2.45, 2.75) is 5.75 Å². The second-order valence-electron chi connectivity index (χ2n) is 4.99. The lowest BCUT2D eigenvalue weighted by Crippen LogP contribution is -2.14. The number of nitrogens with one attached hydrogen (secondary N) is 1. The van der Waals surface area contributed by atoms with Crippen molar-refractivity contribution in [2.24, 2.45) is 0 Å². The zero-order chi connectivity index (χ0) is 18.2. The molecule has 0 aliphatic heterocycles. The fourth-order valence-electron chi connectivity index (χ4n) is 2.05. The van der Waals surface area contributed by atoms with Crippen LogP contribution in [0.3, 0.4) is 0 Å². The van der Waals surface area contributed by atoms with Gasteiger partial charge in [0.05, 0.1) is 29.4 Å². The molecule has 25 heavy (non-hydrogen) atoms. The van der Waals surface area contributed by atoms with E-state index in [9.17, 15) is 14.9 Å². The molecule has 2 rings (SSSR count). The maximum absolute atomic E-state index is 11.9. The largest absolute Gasteiger partial charge is 0.490 e. The van der Waals surface area contributed by atoms with Crippen LogP contribution in [0.15, 0.2) is 42.5 Å². The zero-order valence-corrected chi connectivity index (χ0v) is 14.2. The monoisotopic (exact) mass is 357 g/mol. The lowest BCUT2D eigenvalue weighted by atomic mass is 10.2. The summed E-state index contributed by atoms with van der Waals surface area (Å²) in [5.74, 6) is 0.695. The van der Waals surface area contributed by atoms with Crippen molar-refractivity contribution in [1.82, 2.24) is 0 Å². The first-order chi connectivity index (χ1) is 12.0. The second kappa shape index (κ2) is 8.70. The van der Waals surface area contributed by atoms with Gasteiger partial charge in [0.15, 0.2) is 5.75 Å². The predicted octanol–water partition coefficient (Wildman–Crippen LogP) is 3.35. The molecule has 1 amide bonds. The van der Waals surface area contributed by atoms with Crippen LogP contribution in [0.5, 0.6) is 5.75 Å². The van der Waals surface area contributed by atoms with E-state index in [4.69, 9.17) is 10.00 Å². The molecule has 2 aromatic rings. The van der Waals surface area contributed by atoms with Gasteiger partial charge >= 0.3 is 5.69 Å². The van der Waals surface area contributed by atoms with E-state index in [0.29, 0.717) is 17.0 Å². The Bertz CT molecular complexity index is 816. The first-order valence-electron chi connectivity index (χ1n) is 7.22. The molecule has 0 radical (unpaired) electrons. The minimum atomic E-state index is -0.495. The minimum absolute atomic E-state index is 0.0948. The van der Waals surface area contributed by atoms with Crippen LogP contribution in [0.4, 0.5) is 11.4 Å². The summed E-state index contributed by atoms with van der Waals surface area (Å²) in [6, 6.07) is 13.3. The van der Waals surface area contributed by atoms with E-state index < -0.39 is 4.92 Å². The number of nitro benzene ring substituents is 1. The SMILES string of the molecule is COc1ccc(CSCC(=O)Nc2ccc(C#N)cc2)cc1[N+](=O)[O-]. The van der Waals surface area contributed by atoms with E-state index >= 15 is 0 Å². The molecule has 7 nitrogen and oxygen atoms in total. The normalized spacial score (nSPS) is 9.92. The van der Waals surface area contributed by atoms with Gasteiger partial charge in [-0.15, -0.1) is 11.8 Å². The van der Waals surface area contributed by atoms with Crippen LogP contribution in [0.1, 0.15) is 11.1 Å². The van der Waals surface area contributed by atoms with E-state index in [1.807, 2.05) is 6.07 Å². The third-order valence-electron chi connectivity index (χ3n) is 3.24. The van der Waals surface area contributed by atoms with Gasteiger partial charge in [0.2, 0.25) is 5.91 Å². The molecule has 128 valence electrons. The van der Waals surface area contributed by atoms with Gasteiger partial charge in [-0.2, -0.15) is 5.26 Å². The summed E-state index contributed by atoms with van der Waals surface area (Å²) in [4.78, 5) is 22.4. The van der Waals surface area contributed by atoms with Crippen molar-refractivity contribution in [3.05, 3.63) is 63.7 Å². The Morgan fingerprint density at radius 3 is 2.64 bits per heavy atom. The summed E-state index contributed by atoms with van der Waals surface area (Å²) in [7, 11) is 1.38. The molecule has 0 atom stereocenters. The lowest BCUT2D eigenvalue weighted by Gasteiger charge is -2.06. The maximum Gasteiger partial charge on any atom is 0.311 e. The van der Waals surface area contributed by atoms with E-state index in [-0.39, 0.29) is 23.1 Å². The first-order valence-corrected chi connectivity index (χ1v) is 8.38. The number of carbonyl (C=O) groups excluding carboxylic acids is 1. The average molecular weight is 357 g/mol. The van der Waals surface area contributed by atoms with Crippen molar-refractivity contribution >= 4 is 29.0 Å². The molecule has 2 aromatic carbocycles. The van der Waals surface area contributed by atoms with Gasteiger partial charge in [-0.3, -0.25) is 14.9 Å². The van der Waals surface area contributed by atoms with Crippen molar-refractivity contribution in [3.8, 4) is 11.8 Å². The number of anilines is 1. The molecule has 0 spiro atoms. The Morgan fingerprint density at radius 1 is 1.32 bits per heavy atom. The van der Waals surface area contributed by atoms with E-state index in [0.717, 1.165) is 5.56 Å². The number of nitrogens with zero attached hydrogens (tertiary/aromatic N) is 2. The highest BCUT2D eigenvalue weighted by atomic mass is 32.2. The highest BCUT2D eigenvalue weighted by Gasteiger charge is 2.15. The van der Waals surface area contributed by atoms with Gasteiger partial charge in [-0.05, 0) is 35.9 Å². The van der Waals surface area contributed by atoms with Crippen LogP contribution in [0, 0.1) is 21.4 Å². The summed E-state index contributed by atoms with van der Waals surface area (Å²) in [5.41, 5.74) is 1.78. The molecule has 0 fully saturated rings. The van der Waals surface area contributed by atoms with Gasteiger partial charge in [0.25, 0.3) is 0 Å². The quantitative estimate of drug-likeness (QED) is 0.602. The van der Waals surface area contributed by atoms with Gasteiger partial charge in [-0.1, -0.05) is 6.07 Å². The van der Waals surface area contributed by atoms with E-state index in [1.165, 1.54) is 24.9 Å². The molecule has 0 heterocycles. The van der Waals surface area contributed by atoms with Crippen molar-refractivity contribution in [2.75, 3.05) is 18.2 Å². The fourth-order valence-corrected chi connectivity index (χ4v) is 2.83. The molecular weight excluding hydrogens is 342 g/mol. The Morgan fingerprint density at radius 2 is 2.04 bits per heavy atom. The van der Waals surface area contributed by atoms with Crippen molar-refractivity contribution in [3.63, 3.8) is 0 Å². The van der Waals surface area contributed by atoms with Crippen molar-refractivity contribution in [1.29, 1.82) is 5.26 Å². The number of hydrogen-bond donors (Lipinski definition) is 1. The summed E-state index contributed by atoms with van der Waals surface area (Å²) < 4.78 is 4.95. The van der Waals surface area contributed by atoms with Crippen LogP contribution < -0.4 is 10.1 Å².